The lowest BCUT2D eigenvalue weighted by molar-refractivity contribution is -0.140. The van der Waals surface area contributed by atoms with E-state index in [1.54, 1.807) is 11.8 Å². The third-order valence-electron chi connectivity index (χ3n) is 3.87. The molecule has 0 saturated carbocycles. The first kappa shape index (κ1) is 17.5. The number of unbranched alkanes of at least 4 members (excludes halogenated alkanes) is 1. The molecular weight excluding hydrogens is 320 g/mol. The van der Waals surface area contributed by atoms with Crippen LogP contribution in [0.25, 0.3) is 0 Å². The van der Waals surface area contributed by atoms with E-state index in [2.05, 4.69) is 4.74 Å². The van der Waals surface area contributed by atoms with Crippen molar-refractivity contribution in [2.75, 3.05) is 7.11 Å². The summed E-state index contributed by atoms with van der Waals surface area (Å²) in [5, 5.41) is -0.0140. The van der Waals surface area contributed by atoms with Crippen molar-refractivity contribution in [2.24, 2.45) is 0 Å². The van der Waals surface area contributed by atoms with Crippen LogP contribution in [0.4, 0.5) is 0 Å². The van der Waals surface area contributed by atoms with Gasteiger partial charge in [-0.2, -0.15) is 0 Å². The molecule has 1 aliphatic heterocycles. The summed E-state index contributed by atoms with van der Waals surface area (Å²) >= 11 is 1.61. The normalized spacial score (nSPS) is 16.2. The number of nitrogens with zero attached hydrogens (tertiary/aromatic N) is 2. The van der Waals surface area contributed by atoms with Crippen molar-refractivity contribution in [1.82, 2.24) is 9.13 Å². The highest BCUT2D eigenvalue weighted by Crippen LogP contribution is 2.44. The van der Waals surface area contributed by atoms with Crippen LogP contribution in [0.1, 0.15) is 65.8 Å². The van der Waals surface area contributed by atoms with Crippen LogP contribution >= 0.6 is 11.8 Å². The molecule has 23 heavy (non-hydrogen) atoms. The minimum Gasteiger partial charge on any atom is -0.469 e. The van der Waals surface area contributed by atoms with Crippen molar-refractivity contribution < 1.29 is 19.1 Å². The van der Waals surface area contributed by atoms with Crippen molar-refractivity contribution in [3.8, 4) is 0 Å². The Balaban J connectivity index is 2.20. The predicted molar refractivity (Wildman–Crippen MR) is 85.8 cm³/mol. The summed E-state index contributed by atoms with van der Waals surface area (Å²) in [6, 6.07) is 0. The zero-order valence-corrected chi connectivity index (χ0v) is 14.3. The first-order valence-corrected chi connectivity index (χ1v) is 8.50. The molecule has 0 radical (unpaired) electrons. The Bertz CT molecular complexity index is 703. The van der Waals surface area contributed by atoms with E-state index in [1.807, 2.05) is 0 Å². The van der Waals surface area contributed by atoms with Gasteiger partial charge in [-0.25, -0.2) is 13.9 Å². The van der Waals surface area contributed by atoms with Crippen LogP contribution in [-0.2, 0) is 15.3 Å². The lowest BCUT2D eigenvalue weighted by Crippen LogP contribution is -2.31. The number of imidazole rings is 1. The number of rotatable bonds is 5. The molecule has 1 aromatic heterocycles. The molecule has 0 spiro atoms. The summed E-state index contributed by atoms with van der Waals surface area (Å²) in [5.74, 6) is -0.466. The van der Waals surface area contributed by atoms with Gasteiger partial charge >= 0.3 is 11.7 Å². The predicted octanol–water partition coefficient (Wildman–Crippen LogP) is 1.99. The topological polar surface area (TPSA) is 87.4 Å². The zero-order valence-electron chi connectivity index (χ0n) is 13.5. The van der Waals surface area contributed by atoms with Gasteiger partial charge in [-0.05, 0) is 12.8 Å². The number of fused-ring (bicyclic) bond motifs is 1. The lowest BCUT2D eigenvalue weighted by atomic mass is 10.1. The second kappa shape index (κ2) is 7.16. The van der Waals surface area contributed by atoms with E-state index in [0.29, 0.717) is 30.0 Å². The Morgan fingerprint density at radius 2 is 1.83 bits per heavy atom. The van der Waals surface area contributed by atoms with Gasteiger partial charge in [0.15, 0.2) is 0 Å². The fourth-order valence-corrected chi connectivity index (χ4v) is 4.21. The number of carbonyl (C=O) groups is 3. The van der Waals surface area contributed by atoms with Crippen molar-refractivity contribution >= 4 is 29.5 Å². The summed E-state index contributed by atoms with van der Waals surface area (Å²) in [5.41, 5.74) is 0.691. The number of hydrogen-bond donors (Lipinski definition) is 0. The van der Waals surface area contributed by atoms with Gasteiger partial charge in [0, 0.05) is 31.3 Å². The molecule has 1 unspecified atom stereocenters. The smallest absolute Gasteiger partial charge is 0.342 e. The summed E-state index contributed by atoms with van der Waals surface area (Å²) in [7, 11) is 1.36. The number of aromatic nitrogens is 2. The van der Waals surface area contributed by atoms with Gasteiger partial charge in [0.05, 0.1) is 18.5 Å². The van der Waals surface area contributed by atoms with Crippen LogP contribution in [0.3, 0.4) is 0 Å². The van der Waals surface area contributed by atoms with Gasteiger partial charge in [-0.15, -0.1) is 11.8 Å². The monoisotopic (exact) mass is 340 g/mol. The molecule has 7 nitrogen and oxygen atoms in total. The van der Waals surface area contributed by atoms with Gasteiger partial charge in [-0.3, -0.25) is 14.4 Å². The van der Waals surface area contributed by atoms with Crippen LogP contribution in [0, 0.1) is 0 Å². The summed E-state index contributed by atoms with van der Waals surface area (Å²) in [4.78, 5) is 47.0. The van der Waals surface area contributed by atoms with Crippen LogP contribution < -0.4 is 5.69 Å². The highest BCUT2D eigenvalue weighted by atomic mass is 32.2. The van der Waals surface area contributed by atoms with Crippen molar-refractivity contribution in [2.45, 2.75) is 50.5 Å². The standard InChI is InChI=1S/C15H20N2O5S/c1-9(18)16-11-8-23-12(6-4-5-7-13(20)22-3)14(11)17(10(2)19)15(16)21/h12H,4-8H2,1-3H3. The third kappa shape index (κ3) is 3.41. The summed E-state index contributed by atoms with van der Waals surface area (Å²) < 4.78 is 6.81. The second-order valence-corrected chi connectivity index (χ2v) is 6.64. The van der Waals surface area contributed by atoms with E-state index < -0.39 is 5.69 Å². The van der Waals surface area contributed by atoms with Gasteiger partial charge in [0.1, 0.15) is 0 Å². The Kier molecular flexibility index (Phi) is 5.46. The molecule has 2 heterocycles. The van der Waals surface area contributed by atoms with Gasteiger partial charge in [0.2, 0.25) is 11.8 Å². The van der Waals surface area contributed by atoms with E-state index in [9.17, 15) is 19.2 Å². The average Bonchev–Trinajstić information content (AvgIpc) is 2.99. The maximum Gasteiger partial charge on any atom is 0.342 e. The molecule has 2 rings (SSSR count). The largest absolute Gasteiger partial charge is 0.469 e. The van der Waals surface area contributed by atoms with Crippen molar-refractivity contribution in [3.63, 3.8) is 0 Å². The molecule has 0 aromatic carbocycles. The maximum absolute atomic E-state index is 12.3. The van der Waals surface area contributed by atoms with E-state index in [4.69, 9.17) is 0 Å². The summed E-state index contributed by atoms with van der Waals surface area (Å²) in [6.07, 6.45) is 2.57. The van der Waals surface area contributed by atoms with E-state index in [0.717, 1.165) is 22.0 Å². The minimum atomic E-state index is -0.574. The second-order valence-electron chi connectivity index (χ2n) is 5.44. The first-order chi connectivity index (χ1) is 10.9. The molecule has 126 valence electrons. The van der Waals surface area contributed by atoms with Crippen LogP contribution in [0.2, 0.25) is 0 Å². The highest BCUT2D eigenvalue weighted by Gasteiger charge is 2.34. The Morgan fingerprint density at radius 3 is 2.39 bits per heavy atom. The molecule has 1 aromatic rings. The summed E-state index contributed by atoms with van der Waals surface area (Å²) in [6.45, 7) is 2.64. The molecule has 0 fully saturated rings. The van der Waals surface area contributed by atoms with Crippen LogP contribution in [0.5, 0.6) is 0 Å². The number of esters is 1. The number of methoxy groups -OCH3 is 1. The van der Waals surface area contributed by atoms with Crippen molar-refractivity contribution in [1.29, 1.82) is 0 Å². The Labute approximate surface area is 138 Å². The molecular formula is C15H20N2O5S. The quantitative estimate of drug-likeness (QED) is 0.602. The SMILES string of the molecule is COC(=O)CCCCC1SCc2c1n(C(C)=O)c(=O)n2C(C)=O. The van der Waals surface area contributed by atoms with Crippen LogP contribution in [-0.4, -0.2) is 34.0 Å². The molecule has 0 amide bonds. The fraction of sp³-hybridized carbons (Fsp3) is 0.600. The molecule has 0 saturated heterocycles. The first-order valence-electron chi connectivity index (χ1n) is 7.45. The minimum absolute atomic E-state index is 0.0140. The lowest BCUT2D eigenvalue weighted by Gasteiger charge is -2.11. The number of thioether (sulfide) groups is 1. The van der Waals surface area contributed by atoms with E-state index in [-0.39, 0.29) is 23.0 Å². The van der Waals surface area contributed by atoms with E-state index >= 15 is 0 Å². The molecule has 0 bridgehead atoms. The molecule has 1 aliphatic rings. The molecule has 0 N–H and O–H groups in total. The van der Waals surface area contributed by atoms with Gasteiger partial charge in [-0.1, -0.05) is 6.42 Å². The number of ether oxygens (including phenoxy) is 1. The molecule has 1 atom stereocenters. The van der Waals surface area contributed by atoms with Crippen LogP contribution in [0.15, 0.2) is 4.79 Å². The van der Waals surface area contributed by atoms with Gasteiger partial charge < -0.3 is 4.74 Å². The zero-order chi connectivity index (χ0) is 17.1. The van der Waals surface area contributed by atoms with Crippen molar-refractivity contribution in [3.05, 3.63) is 21.9 Å². The molecule has 0 aliphatic carbocycles. The maximum atomic E-state index is 12.3. The van der Waals surface area contributed by atoms with E-state index in [1.165, 1.54) is 21.0 Å². The van der Waals surface area contributed by atoms with Gasteiger partial charge in [0.25, 0.3) is 0 Å². The fourth-order valence-electron chi connectivity index (χ4n) is 2.84. The number of carbonyl (C=O) groups excluding carboxylic acids is 3. The Hall–Kier alpha value is -1.83. The molecule has 8 heteroatoms. The number of hydrogen-bond acceptors (Lipinski definition) is 6. The highest BCUT2D eigenvalue weighted by molar-refractivity contribution is 7.99. The average molecular weight is 340 g/mol. The third-order valence-corrected chi connectivity index (χ3v) is 5.17. The Morgan fingerprint density at radius 1 is 1.17 bits per heavy atom.